The van der Waals surface area contributed by atoms with Crippen molar-refractivity contribution in [1.82, 2.24) is 10.2 Å². The number of hydrogen-bond acceptors (Lipinski definition) is 8. The van der Waals surface area contributed by atoms with Gasteiger partial charge in [-0.15, -0.1) is 10.2 Å². The third-order valence-electron chi connectivity index (χ3n) is 5.10. The van der Waals surface area contributed by atoms with Crippen LogP contribution in [0.2, 0.25) is 0 Å². The first kappa shape index (κ1) is 23.6. The number of carbonyl (C=O) groups excluding carboxylic acids is 4. The summed E-state index contributed by atoms with van der Waals surface area (Å²) in [6.07, 6.45) is 0.134. The fourth-order valence-electron chi connectivity index (χ4n) is 3.38. The van der Waals surface area contributed by atoms with Gasteiger partial charge in [0, 0.05) is 29.9 Å². The summed E-state index contributed by atoms with van der Waals surface area (Å²) in [7, 11) is 0. The van der Waals surface area contributed by atoms with Crippen molar-refractivity contribution in [3.05, 3.63) is 60.2 Å². The molecule has 0 spiro atoms. The van der Waals surface area contributed by atoms with E-state index < -0.39 is 5.92 Å². The Balaban J connectivity index is 1.25. The molecule has 174 valence electrons. The maximum Gasteiger partial charge on any atom is 0.234 e. The summed E-state index contributed by atoms with van der Waals surface area (Å²) < 4.78 is 0.533. The monoisotopic (exact) mass is 495 g/mol. The molecule has 2 aromatic carbocycles. The van der Waals surface area contributed by atoms with E-state index in [9.17, 15) is 19.2 Å². The Morgan fingerprint density at radius 2 is 1.79 bits per heavy atom. The number of Topliss-reactive ketones (excluding diaryl/α,β-unsaturated/α-hetero) is 1. The van der Waals surface area contributed by atoms with Gasteiger partial charge in [-0.1, -0.05) is 41.3 Å². The second-order valence-corrected chi connectivity index (χ2v) is 9.77. The van der Waals surface area contributed by atoms with E-state index >= 15 is 0 Å². The summed E-state index contributed by atoms with van der Waals surface area (Å²) in [5, 5.41) is 13.8. The first-order chi connectivity index (χ1) is 16.4. The van der Waals surface area contributed by atoms with E-state index in [0.29, 0.717) is 27.3 Å². The van der Waals surface area contributed by atoms with Crippen LogP contribution in [0.5, 0.6) is 0 Å². The van der Waals surface area contributed by atoms with Crippen molar-refractivity contribution in [3.63, 3.8) is 0 Å². The number of nitrogens with one attached hydrogen (secondary N) is 2. The first-order valence-electron chi connectivity index (χ1n) is 10.4. The van der Waals surface area contributed by atoms with Gasteiger partial charge in [0.2, 0.25) is 22.9 Å². The number of aromatic nitrogens is 2. The van der Waals surface area contributed by atoms with E-state index in [0.717, 1.165) is 17.0 Å². The molecule has 1 aliphatic heterocycles. The largest absolute Gasteiger partial charge is 0.325 e. The van der Waals surface area contributed by atoms with Crippen molar-refractivity contribution in [2.24, 2.45) is 5.92 Å². The Morgan fingerprint density at radius 3 is 2.50 bits per heavy atom. The molecule has 2 heterocycles. The Kier molecular flexibility index (Phi) is 7.33. The van der Waals surface area contributed by atoms with Crippen molar-refractivity contribution in [2.45, 2.75) is 17.7 Å². The lowest BCUT2D eigenvalue weighted by Gasteiger charge is -2.16. The van der Waals surface area contributed by atoms with Gasteiger partial charge in [-0.2, -0.15) is 0 Å². The molecule has 0 saturated carbocycles. The molecule has 11 heteroatoms. The molecule has 0 bridgehead atoms. The van der Waals surface area contributed by atoms with Gasteiger partial charge in [-0.3, -0.25) is 19.2 Å². The number of rotatable bonds is 8. The first-order valence-corrected chi connectivity index (χ1v) is 12.2. The summed E-state index contributed by atoms with van der Waals surface area (Å²) in [5.41, 5.74) is 1.94. The van der Waals surface area contributed by atoms with Crippen molar-refractivity contribution < 1.29 is 19.2 Å². The molecule has 4 rings (SSSR count). The van der Waals surface area contributed by atoms with E-state index in [-0.39, 0.29) is 35.7 Å². The van der Waals surface area contributed by atoms with Crippen LogP contribution in [0.4, 0.5) is 16.5 Å². The molecule has 1 atom stereocenters. The van der Waals surface area contributed by atoms with E-state index in [1.54, 1.807) is 29.2 Å². The van der Waals surface area contributed by atoms with E-state index in [2.05, 4.69) is 20.8 Å². The van der Waals surface area contributed by atoms with E-state index in [1.807, 2.05) is 30.3 Å². The molecule has 3 aromatic rings. The predicted octanol–water partition coefficient (Wildman–Crippen LogP) is 3.46. The average Bonchev–Trinajstić information content (AvgIpc) is 3.45. The van der Waals surface area contributed by atoms with Gasteiger partial charge >= 0.3 is 0 Å². The second kappa shape index (κ2) is 10.6. The lowest BCUT2D eigenvalue weighted by atomic mass is 10.1. The predicted molar refractivity (Wildman–Crippen MR) is 131 cm³/mol. The van der Waals surface area contributed by atoms with E-state index in [4.69, 9.17) is 0 Å². The normalized spacial score (nSPS) is 15.3. The molecule has 0 radical (unpaired) electrons. The number of benzene rings is 2. The third-order valence-corrected chi connectivity index (χ3v) is 7.07. The number of ketones is 1. The standard InChI is InChI=1S/C23H21N5O4S2/c1-14(29)15-7-9-17(10-8-15)24-19(30)13-33-23-27-26-22(34-23)25-21(32)16-11-20(31)28(12-16)18-5-3-2-4-6-18/h2-10,16H,11-13H2,1H3,(H,24,30)(H,25,26,32)/t16-/m0/s1. The summed E-state index contributed by atoms with van der Waals surface area (Å²) in [6, 6.07) is 15.9. The van der Waals surface area contributed by atoms with Crippen molar-refractivity contribution >= 4 is 63.1 Å². The van der Waals surface area contributed by atoms with Crippen LogP contribution in [-0.2, 0) is 14.4 Å². The summed E-state index contributed by atoms with van der Waals surface area (Å²) in [4.78, 5) is 50.1. The number of anilines is 3. The number of carbonyl (C=O) groups is 4. The Bertz CT molecular complexity index is 1210. The van der Waals surface area contributed by atoms with Crippen LogP contribution in [0.25, 0.3) is 0 Å². The summed E-state index contributed by atoms with van der Waals surface area (Å²) in [5.74, 6) is -1.02. The SMILES string of the molecule is CC(=O)c1ccc(NC(=O)CSc2nnc(NC(=O)[C@H]3CC(=O)N(c4ccccc4)C3)s2)cc1. The molecule has 1 saturated heterocycles. The molecule has 1 aliphatic rings. The molecule has 3 amide bonds. The average molecular weight is 496 g/mol. The molecule has 2 N–H and O–H groups in total. The van der Waals surface area contributed by atoms with E-state index in [1.165, 1.54) is 18.7 Å². The van der Waals surface area contributed by atoms with Crippen molar-refractivity contribution in [3.8, 4) is 0 Å². The fraction of sp³-hybridized carbons (Fsp3) is 0.217. The highest BCUT2D eigenvalue weighted by Crippen LogP contribution is 2.28. The Hall–Kier alpha value is -3.57. The third kappa shape index (κ3) is 5.86. The Labute approximate surface area is 204 Å². The highest BCUT2D eigenvalue weighted by molar-refractivity contribution is 8.01. The topological polar surface area (TPSA) is 121 Å². The smallest absolute Gasteiger partial charge is 0.234 e. The number of amides is 3. The molecule has 34 heavy (non-hydrogen) atoms. The highest BCUT2D eigenvalue weighted by Gasteiger charge is 2.35. The van der Waals surface area contributed by atoms with Gasteiger partial charge in [0.05, 0.1) is 11.7 Å². The summed E-state index contributed by atoms with van der Waals surface area (Å²) >= 11 is 2.36. The number of nitrogens with zero attached hydrogens (tertiary/aromatic N) is 3. The maximum atomic E-state index is 12.6. The molecule has 0 aliphatic carbocycles. The fourth-order valence-corrected chi connectivity index (χ4v) is 4.93. The van der Waals surface area contributed by atoms with Crippen LogP contribution < -0.4 is 15.5 Å². The van der Waals surface area contributed by atoms with Crippen LogP contribution in [0.3, 0.4) is 0 Å². The molecular formula is C23H21N5O4S2. The van der Waals surface area contributed by atoms with Crippen LogP contribution >= 0.6 is 23.1 Å². The minimum Gasteiger partial charge on any atom is -0.325 e. The number of hydrogen-bond donors (Lipinski definition) is 2. The van der Waals surface area contributed by atoms with Crippen molar-refractivity contribution in [1.29, 1.82) is 0 Å². The Morgan fingerprint density at radius 1 is 1.06 bits per heavy atom. The minimum absolute atomic E-state index is 0.0411. The minimum atomic E-state index is -0.479. The number of thioether (sulfide) groups is 1. The van der Waals surface area contributed by atoms with Gasteiger partial charge in [0.1, 0.15) is 0 Å². The van der Waals surface area contributed by atoms with Gasteiger partial charge in [0.25, 0.3) is 0 Å². The van der Waals surface area contributed by atoms with Crippen LogP contribution in [-0.4, -0.2) is 46.0 Å². The lowest BCUT2D eigenvalue weighted by molar-refractivity contribution is -0.122. The second-order valence-electron chi connectivity index (χ2n) is 7.57. The zero-order valence-corrected chi connectivity index (χ0v) is 19.8. The molecule has 1 aromatic heterocycles. The number of para-hydroxylation sites is 1. The molecule has 1 fully saturated rings. The van der Waals surface area contributed by atoms with Crippen LogP contribution in [0.15, 0.2) is 58.9 Å². The maximum absolute atomic E-state index is 12.6. The zero-order valence-electron chi connectivity index (χ0n) is 18.2. The summed E-state index contributed by atoms with van der Waals surface area (Å²) in [6.45, 7) is 1.79. The zero-order chi connectivity index (χ0) is 24.1. The van der Waals surface area contributed by atoms with Gasteiger partial charge < -0.3 is 15.5 Å². The highest BCUT2D eigenvalue weighted by atomic mass is 32.2. The van der Waals surface area contributed by atoms with Gasteiger partial charge in [-0.25, -0.2) is 0 Å². The van der Waals surface area contributed by atoms with Gasteiger partial charge in [-0.05, 0) is 43.3 Å². The van der Waals surface area contributed by atoms with Gasteiger partial charge in [0.15, 0.2) is 10.1 Å². The van der Waals surface area contributed by atoms with Crippen LogP contribution in [0.1, 0.15) is 23.7 Å². The van der Waals surface area contributed by atoms with Crippen molar-refractivity contribution in [2.75, 3.05) is 27.8 Å². The molecule has 9 nitrogen and oxygen atoms in total. The van der Waals surface area contributed by atoms with Crippen LogP contribution in [0, 0.1) is 5.92 Å². The molecular weight excluding hydrogens is 474 g/mol. The quantitative estimate of drug-likeness (QED) is 0.279. The molecule has 0 unspecified atom stereocenters. The lowest BCUT2D eigenvalue weighted by Crippen LogP contribution is -2.28.